The number of aromatic amines is 1. The Morgan fingerprint density at radius 1 is 1.58 bits per heavy atom. The van der Waals surface area contributed by atoms with Gasteiger partial charge in [-0.15, -0.1) is 0 Å². The minimum Gasteiger partial charge on any atom is -0.317 e. The predicted molar refractivity (Wildman–Crippen MR) is 52.4 cm³/mol. The SMILES string of the molecule is O=c1cc(Br)c(C(F)F)c(I)[nH]1. The second kappa shape index (κ2) is 3.82. The number of pyridine rings is 1. The topological polar surface area (TPSA) is 32.9 Å². The summed E-state index contributed by atoms with van der Waals surface area (Å²) in [5.41, 5.74) is -0.564. The van der Waals surface area contributed by atoms with Gasteiger partial charge in [-0.2, -0.15) is 0 Å². The molecule has 0 saturated carbocycles. The number of alkyl halides is 2. The highest BCUT2D eigenvalue weighted by molar-refractivity contribution is 14.1. The lowest BCUT2D eigenvalue weighted by Gasteiger charge is -2.04. The molecule has 0 fully saturated rings. The molecule has 66 valence electrons. The maximum Gasteiger partial charge on any atom is 0.267 e. The van der Waals surface area contributed by atoms with Crippen LogP contribution in [0.4, 0.5) is 8.78 Å². The second-order valence-corrected chi connectivity index (χ2v) is 3.94. The maximum absolute atomic E-state index is 12.3. The molecule has 2 nitrogen and oxygen atoms in total. The highest BCUT2D eigenvalue weighted by Crippen LogP contribution is 2.28. The van der Waals surface area contributed by atoms with E-state index >= 15 is 0 Å². The molecule has 0 aromatic carbocycles. The zero-order valence-electron chi connectivity index (χ0n) is 5.57. The molecule has 1 aromatic heterocycles. The van der Waals surface area contributed by atoms with Gasteiger partial charge in [0.25, 0.3) is 6.43 Å². The fraction of sp³-hybridized carbons (Fsp3) is 0.167. The van der Waals surface area contributed by atoms with Crippen molar-refractivity contribution in [1.29, 1.82) is 0 Å². The summed E-state index contributed by atoms with van der Waals surface area (Å²) in [5.74, 6) is 0. The zero-order chi connectivity index (χ0) is 9.30. The number of H-pyrrole nitrogens is 1. The molecule has 1 heterocycles. The maximum atomic E-state index is 12.3. The van der Waals surface area contributed by atoms with Crippen LogP contribution in [-0.2, 0) is 0 Å². The van der Waals surface area contributed by atoms with Gasteiger partial charge in [0.2, 0.25) is 5.56 Å². The Kier molecular flexibility index (Phi) is 3.22. The standard InChI is InChI=1S/C6H3BrF2INO/c7-2-1-3(12)11-6(10)4(2)5(8)9/h1,5H,(H,11,12). The van der Waals surface area contributed by atoms with Gasteiger partial charge in [-0.3, -0.25) is 4.79 Å². The smallest absolute Gasteiger partial charge is 0.267 e. The number of hydrogen-bond donors (Lipinski definition) is 1. The first-order valence-electron chi connectivity index (χ1n) is 2.88. The number of hydrogen-bond acceptors (Lipinski definition) is 1. The number of aromatic nitrogens is 1. The van der Waals surface area contributed by atoms with E-state index in [0.29, 0.717) is 0 Å². The Balaban J connectivity index is 3.38. The fourth-order valence-corrected chi connectivity index (χ4v) is 2.45. The van der Waals surface area contributed by atoms with E-state index in [4.69, 9.17) is 0 Å². The molecule has 1 aromatic rings. The van der Waals surface area contributed by atoms with Gasteiger partial charge in [0.05, 0.1) is 9.26 Å². The third-order valence-corrected chi connectivity index (χ3v) is 2.71. The Morgan fingerprint density at radius 3 is 2.58 bits per heavy atom. The highest BCUT2D eigenvalue weighted by atomic mass is 127. The first-order valence-corrected chi connectivity index (χ1v) is 4.76. The highest BCUT2D eigenvalue weighted by Gasteiger charge is 2.16. The van der Waals surface area contributed by atoms with Crippen LogP contribution < -0.4 is 5.56 Å². The van der Waals surface area contributed by atoms with Crippen LogP contribution in [0.2, 0.25) is 0 Å². The van der Waals surface area contributed by atoms with Crippen LogP contribution in [0.5, 0.6) is 0 Å². The van der Waals surface area contributed by atoms with E-state index < -0.39 is 12.0 Å². The van der Waals surface area contributed by atoms with E-state index in [1.54, 1.807) is 22.6 Å². The summed E-state index contributed by atoms with van der Waals surface area (Å²) >= 11 is 4.56. The zero-order valence-corrected chi connectivity index (χ0v) is 9.32. The van der Waals surface area contributed by atoms with Crippen molar-refractivity contribution in [3.8, 4) is 0 Å². The van der Waals surface area contributed by atoms with Gasteiger partial charge in [0.15, 0.2) is 0 Å². The van der Waals surface area contributed by atoms with E-state index in [0.717, 1.165) is 6.07 Å². The van der Waals surface area contributed by atoms with Crippen molar-refractivity contribution in [2.75, 3.05) is 0 Å². The van der Waals surface area contributed by atoms with E-state index in [-0.39, 0.29) is 13.7 Å². The number of halogens is 4. The molecule has 6 heteroatoms. The number of rotatable bonds is 1. The van der Waals surface area contributed by atoms with Crippen molar-refractivity contribution >= 4 is 38.5 Å². The van der Waals surface area contributed by atoms with Gasteiger partial charge in [-0.05, 0) is 22.6 Å². The van der Waals surface area contributed by atoms with E-state index in [1.165, 1.54) is 0 Å². The molecule has 1 N–H and O–H groups in total. The summed E-state index contributed by atoms with van der Waals surface area (Å²) in [6.45, 7) is 0. The first-order chi connectivity index (χ1) is 5.52. The Morgan fingerprint density at radius 2 is 2.17 bits per heavy atom. The summed E-state index contributed by atoms with van der Waals surface area (Å²) in [6, 6.07) is 1.09. The number of nitrogens with one attached hydrogen (secondary N) is 1. The molecule has 0 aliphatic carbocycles. The molecule has 0 bridgehead atoms. The molecule has 0 aliphatic heterocycles. The van der Waals surface area contributed by atoms with Gasteiger partial charge in [-0.25, -0.2) is 8.78 Å². The average Bonchev–Trinajstić information content (AvgIpc) is 1.82. The van der Waals surface area contributed by atoms with Gasteiger partial charge < -0.3 is 4.98 Å². The Bertz CT molecular complexity index is 326. The minimum absolute atomic E-state index is 0.144. The summed E-state index contributed by atoms with van der Waals surface area (Å²) in [4.78, 5) is 13.0. The lowest BCUT2D eigenvalue weighted by Crippen LogP contribution is -2.09. The van der Waals surface area contributed by atoms with Crippen LogP contribution in [0.15, 0.2) is 15.3 Å². The molecule has 0 aliphatic rings. The molecular formula is C6H3BrF2INO. The normalized spacial score (nSPS) is 10.8. The molecule has 0 saturated heterocycles. The van der Waals surface area contributed by atoms with Gasteiger partial charge >= 0.3 is 0 Å². The van der Waals surface area contributed by atoms with E-state index in [1.807, 2.05) is 0 Å². The molecule has 1 rings (SSSR count). The minimum atomic E-state index is -2.58. The molecule has 0 atom stereocenters. The third kappa shape index (κ3) is 2.03. The molecule has 0 spiro atoms. The van der Waals surface area contributed by atoms with Crippen molar-refractivity contribution in [3.63, 3.8) is 0 Å². The Hall–Kier alpha value is 0.0200. The largest absolute Gasteiger partial charge is 0.317 e. The van der Waals surface area contributed by atoms with Crippen LogP contribution in [0.3, 0.4) is 0 Å². The summed E-state index contributed by atoms with van der Waals surface area (Å²) in [6.07, 6.45) is -2.58. The van der Waals surface area contributed by atoms with Gasteiger partial charge in [-0.1, -0.05) is 15.9 Å². The third-order valence-electron chi connectivity index (χ3n) is 1.20. The van der Waals surface area contributed by atoms with Gasteiger partial charge in [0.1, 0.15) is 0 Å². The lowest BCUT2D eigenvalue weighted by atomic mass is 10.3. The quantitative estimate of drug-likeness (QED) is 0.613. The summed E-state index contributed by atoms with van der Waals surface area (Å²) in [7, 11) is 0. The summed E-state index contributed by atoms with van der Waals surface area (Å²) in [5, 5.41) is 0. The van der Waals surface area contributed by atoms with Crippen LogP contribution in [0.1, 0.15) is 12.0 Å². The molecule has 12 heavy (non-hydrogen) atoms. The lowest BCUT2D eigenvalue weighted by molar-refractivity contribution is 0.149. The van der Waals surface area contributed by atoms with E-state index in [9.17, 15) is 13.6 Å². The average molecular weight is 350 g/mol. The molecule has 0 radical (unpaired) electrons. The van der Waals surface area contributed by atoms with Crippen molar-refractivity contribution in [2.45, 2.75) is 6.43 Å². The van der Waals surface area contributed by atoms with Crippen molar-refractivity contribution in [3.05, 3.63) is 30.2 Å². The molecule has 0 amide bonds. The molecular weight excluding hydrogens is 347 g/mol. The first kappa shape index (κ1) is 10.1. The second-order valence-electron chi connectivity index (χ2n) is 2.01. The van der Waals surface area contributed by atoms with Gasteiger partial charge in [0, 0.05) is 10.5 Å². The van der Waals surface area contributed by atoms with Crippen LogP contribution in [0.25, 0.3) is 0 Å². The Labute approximate surface area is 88.6 Å². The van der Waals surface area contributed by atoms with Crippen molar-refractivity contribution < 1.29 is 8.78 Å². The van der Waals surface area contributed by atoms with Crippen LogP contribution in [-0.4, -0.2) is 4.98 Å². The predicted octanol–water partition coefficient (Wildman–Crippen LogP) is 2.68. The van der Waals surface area contributed by atoms with Crippen LogP contribution >= 0.6 is 38.5 Å². The van der Waals surface area contributed by atoms with E-state index in [2.05, 4.69) is 20.9 Å². The van der Waals surface area contributed by atoms with Crippen molar-refractivity contribution in [2.24, 2.45) is 0 Å². The summed E-state index contributed by atoms with van der Waals surface area (Å²) < 4.78 is 24.8. The van der Waals surface area contributed by atoms with Crippen LogP contribution in [0, 0.1) is 3.70 Å². The van der Waals surface area contributed by atoms with Crippen molar-refractivity contribution in [1.82, 2.24) is 4.98 Å². The fourth-order valence-electron chi connectivity index (χ4n) is 0.709. The monoisotopic (exact) mass is 349 g/mol. The molecule has 0 unspecified atom stereocenters.